The molecule has 0 atom stereocenters. The van der Waals surface area contributed by atoms with E-state index in [-0.39, 0.29) is 11.8 Å². The first-order valence-corrected chi connectivity index (χ1v) is 8.55. The van der Waals surface area contributed by atoms with E-state index < -0.39 is 0 Å². The van der Waals surface area contributed by atoms with Crippen LogP contribution in [0, 0.1) is 6.92 Å². The molecule has 0 saturated heterocycles. The van der Waals surface area contributed by atoms with Crippen molar-refractivity contribution in [1.82, 2.24) is 19.5 Å². The fourth-order valence-electron chi connectivity index (χ4n) is 2.80. The summed E-state index contributed by atoms with van der Waals surface area (Å²) in [6.45, 7) is 7.04. The van der Waals surface area contributed by atoms with Crippen LogP contribution in [-0.4, -0.2) is 44.4 Å². The quantitative estimate of drug-likeness (QED) is 0.766. The molecule has 0 unspecified atom stereocenters. The summed E-state index contributed by atoms with van der Waals surface area (Å²) in [5.41, 5.74) is 3.07. The first kappa shape index (κ1) is 17.6. The van der Waals surface area contributed by atoms with Crippen LogP contribution in [0.4, 0.5) is 5.69 Å². The van der Waals surface area contributed by atoms with Crippen LogP contribution < -0.4 is 5.32 Å². The number of nitrogens with zero attached hydrogens (tertiary/aromatic N) is 4. The van der Waals surface area contributed by atoms with Crippen LogP contribution >= 0.6 is 0 Å². The van der Waals surface area contributed by atoms with Gasteiger partial charge in [-0.15, -0.1) is 0 Å². The number of carbonyl (C=O) groups excluding carboxylic acids is 2. The second-order valence-corrected chi connectivity index (χ2v) is 5.87. The van der Waals surface area contributed by atoms with E-state index in [0.29, 0.717) is 41.2 Å². The van der Waals surface area contributed by atoms with Gasteiger partial charge in [-0.2, -0.15) is 5.10 Å². The summed E-state index contributed by atoms with van der Waals surface area (Å²) in [4.78, 5) is 30.9. The molecule has 134 valence electrons. The van der Waals surface area contributed by atoms with Crippen molar-refractivity contribution in [2.24, 2.45) is 0 Å². The van der Waals surface area contributed by atoms with Gasteiger partial charge < -0.3 is 10.2 Å². The molecule has 0 fully saturated rings. The summed E-state index contributed by atoms with van der Waals surface area (Å²) >= 11 is 0. The number of aromatic nitrogens is 3. The van der Waals surface area contributed by atoms with E-state index in [4.69, 9.17) is 0 Å². The van der Waals surface area contributed by atoms with E-state index in [9.17, 15) is 9.59 Å². The summed E-state index contributed by atoms with van der Waals surface area (Å²) < 4.78 is 1.63. The summed E-state index contributed by atoms with van der Waals surface area (Å²) in [6, 6.07) is 8.67. The Bertz CT molecular complexity index is 942. The molecule has 1 aromatic carbocycles. The van der Waals surface area contributed by atoms with Crippen molar-refractivity contribution in [1.29, 1.82) is 0 Å². The molecule has 2 aromatic heterocycles. The first-order valence-electron chi connectivity index (χ1n) is 8.55. The number of nitrogens with one attached hydrogen (secondary N) is 1. The molecule has 7 heteroatoms. The van der Waals surface area contributed by atoms with Gasteiger partial charge in [0.15, 0.2) is 5.65 Å². The third-order valence-corrected chi connectivity index (χ3v) is 4.34. The molecule has 3 aromatic rings. The van der Waals surface area contributed by atoms with Crippen molar-refractivity contribution in [3.63, 3.8) is 0 Å². The van der Waals surface area contributed by atoms with Crippen molar-refractivity contribution < 1.29 is 9.59 Å². The van der Waals surface area contributed by atoms with Crippen LogP contribution in [0.15, 0.2) is 42.7 Å². The molecule has 1 N–H and O–H groups in total. The van der Waals surface area contributed by atoms with Gasteiger partial charge in [0.2, 0.25) is 0 Å². The SMILES string of the molecule is CCN(CC)C(=O)c1ccc(NC(=O)c2cnc3ccnn3c2C)cc1. The Morgan fingerprint density at radius 1 is 1.12 bits per heavy atom. The predicted octanol–water partition coefficient (Wildman–Crippen LogP) is 2.77. The molecular formula is C19H21N5O2. The molecule has 0 bridgehead atoms. The van der Waals surface area contributed by atoms with Gasteiger partial charge in [0.25, 0.3) is 11.8 Å². The molecule has 0 aliphatic carbocycles. The highest BCUT2D eigenvalue weighted by Crippen LogP contribution is 2.15. The molecule has 2 heterocycles. The standard InChI is InChI=1S/C19H21N5O2/c1-4-23(5-2)19(26)14-6-8-15(9-7-14)22-18(25)16-12-20-17-10-11-21-24(17)13(16)3/h6-12H,4-5H2,1-3H3,(H,22,25). The number of fused-ring (bicyclic) bond motifs is 1. The van der Waals surface area contributed by atoms with Gasteiger partial charge >= 0.3 is 0 Å². The van der Waals surface area contributed by atoms with Crippen molar-refractivity contribution in [2.45, 2.75) is 20.8 Å². The normalized spacial score (nSPS) is 10.7. The number of benzene rings is 1. The molecule has 0 spiro atoms. The molecule has 0 aliphatic rings. The lowest BCUT2D eigenvalue weighted by molar-refractivity contribution is 0.0773. The molecule has 0 saturated carbocycles. The summed E-state index contributed by atoms with van der Waals surface area (Å²) in [6.07, 6.45) is 3.18. The molecule has 2 amide bonds. The fraction of sp³-hybridized carbons (Fsp3) is 0.263. The van der Waals surface area contributed by atoms with Crippen molar-refractivity contribution in [3.05, 3.63) is 59.5 Å². The number of anilines is 1. The minimum Gasteiger partial charge on any atom is -0.339 e. The van der Waals surface area contributed by atoms with Crippen molar-refractivity contribution >= 4 is 23.1 Å². The zero-order chi connectivity index (χ0) is 18.7. The van der Waals surface area contributed by atoms with E-state index in [2.05, 4.69) is 15.4 Å². The van der Waals surface area contributed by atoms with Crippen molar-refractivity contribution in [2.75, 3.05) is 18.4 Å². The Kier molecular flexibility index (Phi) is 4.97. The monoisotopic (exact) mass is 351 g/mol. The van der Waals surface area contributed by atoms with E-state index in [0.717, 1.165) is 0 Å². The largest absolute Gasteiger partial charge is 0.339 e. The van der Waals surface area contributed by atoms with Gasteiger partial charge in [-0.1, -0.05) is 0 Å². The highest BCUT2D eigenvalue weighted by molar-refractivity contribution is 6.05. The average Bonchev–Trinajstić information content (AvgIpc) is 3.13. The maximum absolute atomic E-state index is 12.6. The first-order chi connectivity index (χ1) is 12.5. The second-order valence-electron chi connectivity index (χ2n) is 5.87. The average molecular weight is 351 g/mol. The highest BCUT2D eigenvalue weighted by Gasteiger charge is 2.15. The van der Waals surface area contributed by atoms with Gasteiger partial charge in [-0.3, -0.25) is 9.59 Å². The number of rotatable bonds is 5. The molecule has 26 heavy (non-hydrogen) atoms. The van der Waals surface area contributed by atoms with Gasteiger partial charge in [-0.05, 0) is 45.0 Å². The zero-order valence-corrected chi connectivity index (χ0v) is 15.1. The maximum Gasteiger partial charge on any atom is 0.259 e. The zero-order valence-electron chi connectivity index (χ0n) is 15.1. The third kappa shape index (κ3) is 3.28. The minimum atomic E-state index is -0.268. The number of hydrogen-bond donors (Lipinski definition) is 1. The van der Waals surface area contributed by atoms with Gasteiger partial charge in [-0.25, -0.2) is 9.50 Å². The molecular weight excluding hydrogens is 330 g/mol. The van der Waals surface area contributed by atoms with E-state index in [1.807, 2.05) is 20.8 Å². The number of hydrogen-bond acceptors (Lipinski definition) is 4. The van der Waals surface area contributed by atoms with Gasteiger partial charge in [0.1, 0.15) is 0 Å². The highest BCUT2D eigenvalue weighted by atomic mass is 16.2. The van der Waals surface area contributed by atoms with E-state index >= 15 is 0 Å². The lowest BCUT2D eigenvalue weighted by atomic mass is 10.1. The molecule has 0 aliphatic heterocycles. The second kappa shape index (κ2) is 7.35. The van der Waals surface area contributed by atoms with Crippen LogP contribution in [0.25, 0.3) is 5.65 Å². The molecule has 7 nitrogen and oxygen atoms in total. The van der Waals surface area contributed by atoms with E-state index in [1.165, 1.54) is 0 Å². The topological polar surface area (TPSA) is 79.6 Å². The molecule has 3 rings (SSSR count). The summed E-state index contributed by atoms with van der Waals surface area (Å²) in [5, 5.41) is 7.00. The smallest absolute Gasteiger partial charge is 0.259 e. The summed E-state index contributed by atoms with van der Waals surface area (Å²) in [7, 11) is 0. The Hall–Kier alpha value is -3.22. The Morgan fingerprint density at radius 2 is 1.81 bits per heavy atom. The van der Waals surface area contributed by atoms with Crippen LogP contribution in [0.2, 0.25) is 0 Å². The molecule has 0 radical (unpaired) electrons. The Morgan fingerprint density at radius 3 is 2.46 bits per heavy atom. The predicted molar refractivity (Wildman–Crippen MR) is 99.4 cm³/mol. The van der Waals surface area contributed by atoms with Gasteiger partial charge in [0, 0.05) is 36.6 Å². The fourth-order valence-corrected chi connectivity index (χ4v) is 2.80. The van der Waals surface area contributed by atoms with Crippen LogP contribution in [0.5, 0.6) is 0 Å². The lowest BCUT2D eigenvalue weighted by Gasteiger charge is -2.18. The number of amides is 2. The van der Waals surface area contributed by atoms with Crippen LogP contribution in [-0.2, 0) is 0 Å². The van der Waals surface area contributed by atoms with Crippen molar-refractivity contribution in [3.8, 4) is 0 Å². The maximum atomic E-state index is 12.6. The summed E-state index contributed by atoms with van der Waals surface area (Å²) in [5.74, 6) is -0.285. The van der Waals surface area contributed by atoms with Crippen LogP contribution in [0.1, 0.15) is 40.3 Å². The minimum absolute atomic E-state index is 0.0166. The van der Waals surface area contributed by atoms with Gasteiger partial charge in [0.05, 0.1) is 17.5 Å². The Balaban J connectivity index is 1.77. The van der Waals surface area contributed by atoms with E-state index in [1.54, 1.807) is 52.1 Å². The van der Waals surface area contributed by atoms with Crippen LogP contribution in [0.3, 0.4) is 0 Å². The number of aryl methyl sites for hydroxylation is 1. The number of carbonyl (C=O) groups is 2. The third-order valence-electron chi connectivity index (χ3n) is 4.34. The Labute approximate surface area is 151 Å². The lowest BCUT2D eigenvalue weighted by Crippen LogP contribution is -2.30.